The first kappa shape index (κ1) is 72.4. The number of anilines is 1. The van der Waals surface area contributed by atoms with E-state index in [1.807, 2.05) is 23.9 Å². The van der Waals surface area contributed by atoms with Crippen LogP contribution in [0.5, 0.6) is 0 Å². The number of urea groups is 1. The first-order chi connectivity index (χ1) is 40.4. The highest BCUT2D eigenvalue weighted by molar-refractivity contribution is 8.00. The molecule has 2 aliphatic heterocycles. The fraction of sp³-hybridized carbons (Fsp3) is 0.786. The first-order valence-electron chi connectivity index (χ1n) is 29.1. The van der Waals surface area contributed by atoms with E-state index >= 15 is 0 Å². The third-order valence-electron chi connectivity index (χ3n) is 11.9. The predicted molar refractivity (Wildman–Crippen MR) is 309 cm³/mol. The number of amides is 5. The van der Waals surface area contributed by atoms with Crippen molar-refractivity contribution in [3.8, 4) is 0 Å². The zero-order valence-corrected chi connectivity index (χ0v) is 49.2. The van der Waals surface area contributed by atoms with Crippen LogP contribution in [-0.2, 0) is 85.4 Å². The van der Waals surface area contributed by atoms with Crippen molar-refractivity contribution >= 4 is 47.3 Å². The molecule has 0 aromatic heterocycles. The van der Waals surface area contributed by atoms with Gasteiger partial charge in [-0.05, 0) is 49.5 Å². The van der Waals surface area contributed by atoms with Crippen molar-refractivity contribution in [2.45, 2.75) is 62.3 Å². The van der Waals surface area contributed by atoms with Crippen LogP contribution in [0.15, 0.2) is 30.3 Å². The number of nitrogen functional groups attached to an aromatic ring is 1. The number of unbranched alkanes of at least 4 members (excludes halogenated alkanes) is 1. The van der Waals surface area contributed by atoms with Gasteiger partial charge in [-0.3, -0.25) is 14.4 Å². The molecule has 1 aromatic carbocycles. The average Bonchev–Trinajstić information content (AvgIpc) is 4.28. The van der Waals surface area contributed by atoms with Crippen molar-refractivity contribution in [2.24, 2.45) is 0 Å². The predicted octanol–water partition coefficient (Wildman–Crippen LogP) is 1.78. The normalized spacial score (nSPS) is 15.7. The van der Waals surface area contributed by atoms with Crippen LogP contribution in [0.25, 0.3) is 6.08 Å². The van der Waals surface area contributed by atoms with E-state index in [0.717, 1.165) is 30.6 Å². The fourth-order valence-electron chi connectivity index (χ4n) is 7.57. The second-order valence-electron chi connectivity index (χ2n) is 18.5. The Morgan fingerprint density at radius 2 is 0.829 bits per heavy atom. The van der Waals surface area contributed by atoms with Gasteiger partial charge in [0.15, 0.2) is 0 Å². The zero-order valence-electron chi connectivity index (χ0n) is 48.4. The molecule has 3 unspecified atom stereocenters. The topological polar surface area (TPSA) is 293 Å². The molecule has 472 valence electrons. The first-order valence-corrected chi connectivity index (χ1v) is 30.1. The monoisotopic (exact) mass is 1190 g/mol. The maximum atomic E-state index is 12.1. The van der Waals surface area contributed by atoms with Crippen molar-refractivity contribution in [1.82, 2.24) is 26.6 Å². The van der Waals surface area contributed by atoms with Crippen LogP contribution in [-0.4, -0.2) is 265 Å². The minimum atomic E-state index is -0.156. The molecule has 2 heterocycles. The summed E-state index contributed by atoms with van der Waals surface area (Å²) in [7, 11) is 0. The number of carbonyl (C=O) groups excluding carboxylic acids is 4. The van der Waals surface area contributed by atoms with E-state index < -0.39 is 0 Å². The van der Waals surface area contributed by atoms with Crippen LogP contribution >= 0.6 is 11.8 Å². The lowest BCUT2D eigenvalue weighted by Crippen LogP contribution is -2.36. The minimum absolute atomic E-state index is 0.0358. The van der Waals surface area contributed by atoms with Crippen LogP contribution in [0.3, 0.4) is 0 Å². The third-order valence-corrected chi connectivity index (χ3v) is 13.4. The van der Waals surface area contributed by atoms with Crippen LogP contribution in [0.2, 0.25) is 0 Å². The molecule has 0 radical (unpaired) electrons. The maximum absolute atomic E-state index is 12.1. The molecule has 3 atom stereocenters. The molecule has 26 heteroatoms. The summed E-state index contributed by atoms with van der Waals surface area (Å²) in [5, 5.41) is 15.0. The van der Waals surface area contributed by atoms with E-state index in [2.05, 4.69) is 26.6 Å². The summed E-state index contributed by atoms with van der Waals surface area (Å²) in [6.07, 6.45) is 8.22. The highest BCUT2D eigenvalue weighted by Gasteiger charge is 2.42. The molecule has 7 N–H and O–H groups in total. The van der Waals surface area contributed by atoms with Gasteiger partial charge < -0.3 is 103 Å². The molecule has 1 aromatic rings. The summed E-state index contributed by atoms with van der Waals surface area (Å²) in [6, 6.07) is 7.67. The van der Waals surface area contributed by atoms with Crippen molar-refractivity contribution in [2.75, 3.05) is 229 Å². The summed E-state index contributed by atoms with van der Waals surface area (Å²) >= 11 is 1.90. The number of thioether (sulfide) groups is 1. The van der Waals surface area contributed by atoms with Crippen LogP contribution in [0.4, 0.5) is 10.5 Å². The van der Waals surface area contributed by atoms with Gasteiger partial charge in [0.2, 0.25) is 17.7 Å². The van der Waals surface area contributed by atoms with Crippen LogP contribution in [0, 0.1) is 0 Å². The molecule has 2 aliphatic rings. The van der Waals surface area contributed by atoms with Gasteiger partial charge in [-0.25, -0.2) is 4.79 Å². The van der Waals surface area contributed by atoms with Crippen molar-refractivity contribution < 1.29 is 90.2 Å². The summed E-state index contributed by atoms with van der Waals surface area (Å²) in [5.74, 6) is 0.761. The van der Waals surface area contributed by atoms with E-state index in [-0.39, 0.29) is 42.3 Å². The largest absolute Gasteiger partial charge is 0.399 e. The standard InChI is InChI=1S/C56H98N6O19S/c57-49-10-7-48(8-11-49)9-12-53(64)58-14-3-17-67-21-25-71-26-22-68-18-4-15-59-54(65)13-19-69-23-27-72-29-31-74-33-35-76-37-39-78-41-43-80-45-46-81-44-42-79-40-38-77-36-34-75-32-30-73-28-24-70-20-16-60-52(63)6-2-1-5-51-55-50(47-82-51)61-56(66)62-55/h7-12,50-51,55H,1-6,13-47,57H2,(H,58,64)(H,59,65)(H,60,63)(H2,61,62,66). The smallest absolute Gasteiger partial charge is 0.315 e. The van der Waals surface area contributed by atoms with Crippen molar-refractivity contribution in [1.29, 1.82) is 0 Å². The molecule has 0 aliphatic carbocycles. The Morgan fingerprint density at radius 3 is 1.28 bits per heavy atom. The number of nitrogens with one attached hydrogen (secondary N) is 5. The lowest BCUT2D eigenvalue weighted by atomic mass is 10.0. The Kier molecular flexibility index (Phi) is 47.6. The molecule has 25 nitrogen and oxygen atoms in total. The number of nitrogens with two attached hydrogens (primary N) is 1. The molecular formula is C56H98N6O19S. The van der Waals surface area contributed by atoms with Gasteiger partial charge in [0.05, 0.1) is 197 Å². The van der Waals surface area contributed by atoms with Gasteiger partial charge in [0, 0.05) is 68.5 Å². The lowest BCUT2D eigenvalue weighted by molar-refractivity contribution is -0.122. The van der Waals surface area contributed by atoms with Crippen molar-refractivity contribution in [3.05, 3.63) is 35.9 Å². The minimum Gasteiger partial charge on any atom is -0.399 e. The SMILES string of the molecule is Nc1ccc(C=CC(=O)NCCCOCCOCCOCCCNC(=O)CCOCCOCCOCCOCCOCCOCCOCCOCCOCCOCCOCCOCCNC(=O)CCCCC2SCC3NC(=O)NC32)cc1. The number of carbonyl (C=O) groups is 4. The van der Waals surface area contributed by atoms with Gasteiger partial charge in [-0.15, -0.1) is 0 Å². The van der Waals surface area contributed by atoms with E-state index in [9.17, 15) is 19.2 Å². The van der Waals surface area contributed by atoms with E-state index in [1.54, 1.807) is 18.2 Å². The summed E-state index contributed by atoms with van der Waals surface area (Å²) in [4.78, 5) is 47.5. The fourth-order valence-corrected chi connectivity index (χ4v) is 9.11. The Labute approximate surface area is 490 Å². The quantitative estimate of drug-likeness (QED) is 0.0235. The number of ether oxygens (including phenoxy) is 15. The van der Waals surface area contributed by atoms with E-state index in [4.69, 9.17) is 76.8 Å². The Morgan fingerprint density at radius 1 is 0.451 bits per heavy atom. The van der Waals surface area contributed by atoms with Crippen LogP contribution < -0.4 is 32.3 Å². The molecule has 0 bridgehead atoms. The summed E-state index contributed by atoms with van der Waals surface area (Å²) in [6.45, 7) is 15.3. The van der Waals surface area contributed by atoms with Gasteiger partial charge in [0.1, 0.15) is 0 Å². The average molecular weight is 1190 g/mol. The second kappa shape index (κ2) is 53.9. The van der Waals surface area contributed by atoms with Gasteiger partial charge in [0.25, 0.3) is 0 Å². The van der Waals surface area contributed by atoms with Gasteiger partial charge in [-0.2, -0.15) is 11.8 Å². The number of fused-ring (bicyclic) bond motifs is 1. The molecule has 0 spiro atoms. The molecule has 82 heavy (non-hydrogen) atoms. The van der Waals surface area contributed by atoms with Crippen molar-refractivity contribution in [3.63, 3.8) is 0 Å². The highest BCUT2D eigenvalue weighted by atomic mass is 32.2. The maximum Gasteiger partial charge on any atom is 0.315 e. The summed E-state index contributed by atoms with van der Waals surface area (Å²) in [5.41, 5.74) is 7.26. The molecule has 2 saturated heterocycles. The van der Waals surface area contributed by atoms with Crippen LogP contribution in [0.1, 0.15) is 50.5 Å². The van der Waals surface area contributed by atoms with Gasteiger partial charge in [-0.1, -0.05) is 18.6 Å². The highest BCUT2D eigenvalue weighted by Crippen LogP contribution is 2.33. The Hall–Kier alpha value is -3.81. The third kappa shape index (κ3) is 43.8. The number of benzene rings is 1. The number of hydrogen-bond acceptors (Lipinski definition) is 21. The Bertz CT molecular complexity index is 1730. The van der Waals surface area contributed by atoms with E-state index in [0.29, 0.717) is 248 Å². The Balaban J connectivity index is 0.867. The molecule has 5 amide bonds. The molecule has 0 saturated carbocycles. The number of hydrogen-bond donors (Lipinski definition) is 6. The second-order valence-corrected chi connectivity index (χ2v) is 19.8. The van der Waals surface area contributed by atoms with E-state index in [1.165, 1.54) is 6.08 Å². The molecular weight excluding hydrogens is 1090 g/mol. The molecule has 2 fully saturated rings. The lowest BCUT2D eigenvalue weighted by Gasteiger charge is -2.16. The number of rotatable bonds is 60. The zero-order chi connectivity index (χ0) is 58.3. The summed E-state index contributed by atoms with van der Waals surface area (Å²) < 4.78 is 82.8. The molecule has 3 rings (SSSR count). The van der Waals surface area contributed by atoms with Gasteiger partial charge >= 0.3 is 6.03 Å².